The van der Waals surface area contributed by atoms with Crippen LogP contribution in [0, 0.1) is 0 Å². The Hall–Kier alpha value is 5.30. The van der Waals surface area contributed by atoms with Gasteiger partial charge in [0, 0.05) is 0 Å². The van der Waals surface area contributed by atoms with Gasteiger partial charge in [0.05, 0.1) is 0 Å². The predicted octanol–water partition coefficient (Wildman–Crippen LogP) is 38.1. The van der Waals surface area contributed by atoms with Gasteiger partial charge in [-0.2, -0.15) is 0 Å². The van der Waals surface area contributed by atoms with Crippen LogP contribution >= 0.6 is 88.9 Å². The minimum absolute atomic E-state index is 0.0639. The van der Waals surface area contributed by atoms with Crippen molar-refractivity contribution in [2.24, 2.45) is 0 Å². The van der Waals surface area contributed by atoms with Crippen LogP contribution in [0.15, 0.2) is 0 Å². The van der Waals surface area contributed by atoms with Crippen LogP contribution in [-0.2, 0) is 53.3 Å². The van der Waals surface area contributed by atoms with Gasteiger partial charge < -0.3 is 0 Å². The SMILES string of the molecule is CCC(C)(C)P(C)(C)(C)F.CCC(C)(C)P(C)(C)(C)OB(OP(C)(C)(C)C(C)(C)CC)OP(C)(C)(C)C(C)(C)CC.CCC(C)(C)P(C)(C)(C)OB(OP(C)(C)(C)C(C)(C)CC)OP(C)(C)(C)C(C)(C)CC.CCC(C)(C)P(C)(C)(C)OB(OP(C)(C)(C)C(C)(C)CC)OP(C)(C)(C)C(C)(C)CC.CCC(C)(C)P(C)(C)(C)OB(OP(C)(C)(C)C(C)(C)CC)OP(C)(C)(C)C(C)(C)CC. The third-order valence-corrected chi connectivity index (χ3v) is 112. The standard InChI is InChI=1S/4C24H60BO3P3.C8H20FP/c4*1-19-22(4,5)29(10,11,12)26-25(27-30(13,14,15)23(6,7)20-2)28-31(16,17,18)24(8,9)21-3;1-7-8(2,3)10(4,5,6)9/h4*19-21H2,1-18H3;7H2,1-6H3. The summed E-state index contributed by atoms with van der Waals surface area (Å²) in [4.78, 5) is 0. The molecule has 0 saturated carbocycles. The fourth-order valence-electron chi connectivity index (χ4n) is 12.6. The van der Waals surface area contributed by atoms with Crippen LogP contribution < -0.4 is 0 Å². The molecular weight excluding hydrogens is 1910 g/mol. The summed E-state index contributed by atoms with van der Waals surface area (Å²) >= 11 is 0. The van der Waals surface area contributed by atoms with Gasteiger partial charge in [0.1, 0.15) is 0 Å². The van der Waals surface area contributed by atoms with Crippen molar-refractivity contribution in [1.82, 2.24) is 0 Å². The molecule has 0 aliphatic carbocycles. The molecule has 30 heteroatoms. The fraction of sp³-hybridized carbons (Fsp3) is 1.00. The van der Waals surface area contributed by atoms with E-state index in [0.717, 1.165) is 83.5 Å². The first-order chi connectivity index (χ1) is 56.3. The molecule has 0 unspecified atom stereocenters. The van der Waals surface area contributed by atoms with E-state index in [1.54, 1.807) is 20.0 Å². The molecular formula is C104H260B4FO12P13. The summed E-state index contributed by atoms with van der Waals surface area (Å²) in [5, 5.41) is 0.648. The van der Waals surface area contributed by atoms with Gasteiger partial charge in [-0.15, -0.1) is 0 Å². The number of hydrogen-bond acceptors (Lipinski definition) is 12. The maximum absolute atomic E-state index is 14.0. The van der Waals surface area contributed by atoms with E-state index in [1.165, 1.54) is 0 Å². The fourth-order valence-corrected chi connectivity index (χ4v) is 39.1. The van der Waals surface area contributed by atoms with Crippen LogP contribution in [0.3, 0.4) is 0 Å². The van der Waals surface area contributed by atoms with E-state index in [1.807, 2.05) is 13.8 Å². The summed E-state index contributed by atoms with van der Waals surface area (Å²) < 4.78 is 99.4. The van der Waals surface area contributed by atoms with E-state index in [0.29, 0.717) is 0 Å². The molecule has 0 radical (unpaired) electrons. The molecule has 12 nitrogen and oxygen atoms in total. The second-order valence-corrected chi connectivity index (χ2v) is 152. The Morgan fingerprint density at radius 2 is 0.179 bits per heavy atom. The summed E-state index contributed by atoms with van der Waals surface area (Å²) in [5.74, 6) is 0. The molecule has 0 amide bonds. The normalized spacial score (nSPS) is 18.9. The molecule has 0 aromatic heterocycles. The van der Waals surface area contributed by atoms with Gasteiger partial charge in [0.25, 0.3) is 0 Å². The van der Waals surface area contributed by atoms with Crippen molar-refractivity contribution in [3.8, 4) is 0 Å². The molecule has 0 spiro atoms. The zero-order valence-electron chi connectivity index (χ0n) is 107. The van der Waals surface area contributed by atoms with Crippen molar-refractivity contribution >= 4 is 118 Å². The Morgan fingerprint density at radius 1 is 0.127 bits per heavy atom. The third-order valence-electron chi connectivity index (χ3n) is 43.5. The summed E-state index contributed by atoms with van der Waals surface area (Å²) in [7, 11) is -2.63. The van der Waals surface area contributed by atoms with Crippen LogP contribution in [0.25, 0.3) is 0 Å². The first-order valence-corrected chi connectivity index (χ1v) is 97.7. The Kier molecular flexibility index (Phi) is 45.9. The van der Waals surface area contributed by atoms with Crippen LogP contribution in [0.5, 0.6) is 0 Å². The molecule has 0 heterocycles. The molecule has 0 aromatic carbocycles. The van der Waals surface area contributed by atoms with Gasteiger partial charge in [0.2, 0.25) is 0 Å². The molecule has 0 N–H and O–H groups in total. The average molecular weight is 2170 g/mol. The molecule has 0 fully saturated rings. The molecule has 0 bridgehead atoms. The monoisotopic (exact) mass is 2170 g/mol. The van der Waals surface area contributed by atoms with E-state index in [2.05, 4.69) is 496 Å². The zero-order chi connectivity index (χ0) is 111. The minimum atomic E-state index is -2.84. The van der Waals surface area contributed by atoms with Crippen molar-refractivity contribution in [1.29, 1.82) is 0 Å². The van der Waals surface area contributed by atoms with Crippen LogP contribution in [-0.4, -0.2) is 356 Å². The quantitative estimate of drug-likeness (QED) is 0.0427. The van der Waals surface area contributed by atoms with Gasteiger partial charge in [-0.25, -0.2) is 0 Å². The van der Waals surface area contributed by atoms with E-state index in [9.17, 15) is 4.20 Å². The summed E-state index contributed by atoms with van der Waals surface area (Å²) in [6.45, 7) is 144. The van der Waals surface area contributed by atoms with Gasteiger partial charge in [-0.1, -0.05) is 0 Å². The van der Waals surface area contributed by atoms with Crippen molar-refractivity contribution < 1.29 is 57.5 Å². The van der Waals surface area contributed by atoms with Gasteiger partial charge in [-0.05, 0) is 0 Å². The summed E-state index contributed by atoms with van der Waals surface area (Å²) in [5.41, 5.74) is 0. The summed E-state index contributed by atoms with van der Waals surface area (Å²) in [6, 6.07) is 0. The molecule has 0 aromatic rings. The topological polar surface area (TPSA) is 111 Å². The van der Waals surface area contributed by atoms with Gasteiger partial charge in [0.15, 0.2) is 0 Å². The molecule has 0 aliphatic rings. The van der Waals surface area contributed by atoms with Crippen LogP contribution in [0.1, 0.15) is 353 Å². The zero-order valence-corrected chi connectivity index (χ0v) is 119. The first kappa shape index (κ1) is 148. The Morgan fingerprint density at radius 3 is 0.209 bits per heavy atom. The maximum atomic E-state index is 14.0. The van der Waals surface area contributed by atoms with Crippen molar-refractivity contribution in [3.63, 3.8) is 0 Å². The van der Waals surface area contributed by atoms with E-state index >= 15 is 0 Å². The number of hydrogen-bond donors (Lipinski definition) is 0. The van der Waals surface area contributed by atoms with Gasteiger partial charge >= 0.3 is 856 Å². The average Bonchev–Trinajstić information content (AvgIpc) is 0.728. The van der Waals surface area contributed by atoms with Crippen LogP contribution in [0.2, 0.25) is 0 Å². The molecule has 0 atom stereocenters. The van der Waals surface area contributed by atoms with Gasteiger partial charge in [-0.3, -0.25) is 0 Å². The second kappa shape index (κ2) is 41.6. The summed E-state index contributed by atoms with van der Waals surface area (Å²) in [6.07, 6.45) is 13.6. The molecule has 0 aliphatic heterocycles. The van der Waals surface area contributed by atoms with E-state index in [4.69, 9.17) is 53.3 Å². The second-order valence-electron chi connectivity index (χ2n) is 65.0. The van der Waals surface area contributed by atoms with Crippen LogP contribution in [0.4, 0.5) is 4.20 Å². The van der Waals surface area contributed by atoms with E-state index < -0.39 is 118 Å². The third kappa shape index (κ3) is 34.4. The first-order valence-electron chi connectivity index (χ1n) is 52.3. The molecule has 0 saturated heterocycles. The Bertz CT molecular complexity index is 2980. The molecule has 134 heavy (non-hydrogen) atoms. The van der Waals surface area contributed by atoms with E-state index in [-0.39, 0.29) is 67.0 Å². The van der Waals surface area contributed by atoms with Crippen molar-refractivity contribution in [2.75, 3.05) is 260 Å². The van der Waals surface area contributed by atoms with Crippen molar-refractivity contribution in [2.45, 2.75) is 421 Å². The number of rotatable bonds is 50. The molecule has 832 valence electrons. The Balaban J connectivity index is -0.000000532. The number of halogens is 1. The predicted molar refractivity (Wildman–Crippen MR) is 675 cm³/mol. The molecule has 0 rings (SSSR count). The Labute approximate surface area is 849 Å². The van der Waals surface area contributed by atoms with Crippen molar-refractivity contribution in [3.05, 3.63) is 0 Å².